The Morgan fingerprint density at radius 2 is 2.11 bits per heavy atom. The summed E-state index contributed by atoms with van der Waals surface area (Å²) in [6.07, 6.45) is 1.65. The molecule has 1 fully saturated rings. The Hall–Kier alpha value is -0.480. The average Bonchev–Trinajstić information content (AvgIpc) is 2.52. The normalized spacial score (nSPS) is 27.9. The van der Waals surface area contributed by atoms with Gasteiger partial charge in [0.15, 0.2) is 0 Å². The zero-order valence-corrected chi connectivity index (χ0v) is 11.9. The van der Waals surface area contributed by atoms with Gasteiger partial charge in [-0.2, -0.15) is 0 Å². The van der Waals surface area contributed by atoms with Gasteiger partial charge in [-0.15, -0.1) is 0 Å². The smallest absolute Gasteiger partial charge is 0.257 e. The highest BCUT2D eigenvalue weighted by Gasteiger charge is 2.40. The average molecular weight is 261 g/mol. The molecular weight excluding hydrogens is 236 g/mol. The van der Waals surface area contributed by atoms with Crippen LogP contribution in [0.5, 0.6) is 0 Å². The van der Waals surface area contributed by atoms with Gasteiger partial charge in [-0.1, -0.05) is 18.9 Å². The molecule has 0 spiro atoms. The molecule has 1 aliphatic heterocycles. The first-order valence-corrected chi connectivity index (χ1v) is 6.70. The van der Waals surface area contributed by atoms with Crippen LogP contribution in [0.4, 0.5) is 8.78 Å². The summed E-state index contributed by atoms with van der Waals surface area (Å²) in [4.78, 5) is 2.17. The first-order valence-electron chi connectivity index (χ1n) is 6.70. The SMILES string of the molecule is CCCC1(COC(C)C)C/C(=C/C(F)F)CN1C. The van der Waals surface area contributed by atoms with Crippen molar-refractivity contribution in [1.82, 2.24) is 4.90 Å². The van der Waals surface area contributed by atoms with Gasteiger partial charge >= 0.3 is 0 Å². The fourth-order valence-electron chi connectivity index (χ4n) is 2.68. The van der Waals surface area contributed by atoms with E-state index in [0.717, 1.165) is 24.5 Å². The molecule has 0 radical (unpaired) electrons. The lowest BCUT2D eigenvalue weighted by Crippen LogP contribution is -2.45. The lowest BCUT2D eigenvalue weighted by molar-refractivity contribution is -0.00874. The summed E-state index contributed by atoms with van der Waals surface area (Å²) in [6.45, 7) is 7.39. The van der Waals surface area contributed by atoms with Crippen LogP contribution in [0, 0.1) is 0 Å². The van der Waals surface area contributed by atoms with E-state index in [1.807, 2.05) is 20.9 Å². The van der Waals surface area contributed by atoms with Crippen LogP contribution in [0.25, 0.3) is 0 Å². The van der Waals surface area contributed by atoms with E-state index in [9.17, 15) is 8.78 Å². The van der Waals surface area contributed by atoms with E-state index in [1.165, 1.54) is 0 Å². The third-order valence-corrected chi connectivity index (χ3v) is 3.57. The monoisotopic (exact) mass is 261 g/mol. The summed E-state index contributed by atoms with van der Waals surface area (Å²) in [5.41, 5.74) is 0.744. The molecule has 1 saturated heterocycles. The van der Waals surface area contributed by atoms with Crippen LogP contribution in [0.2, 0.25) is 0 Å². The number of nitrogens with zero attached hydrogens (tertiary/aromatic N) is 1. The fourth-order valence-corrected chi connectivity index (χ4v) is 2.68. The second-order valence-electron chi connectivity index (χ2n) is 5.53. The molecule has 18 heavy (non-hydrogen) atoms. The number of likely N-dealkylation sites (N-methyl/N-ethyl adjacent to an activating group) is 1. The van der Waals surface area contributed by atoms with Gasteiger partial charge in [-0.3, -0.25) is 4.90 Å². The minimum Gasteiger partial charge on any atom is -0.377 e. The van der Waals surface area contributed by atoms with Crippen molar-refractivity contribution in [2.45, 2.75) is 58.1 Å². The number of rotatable bonds is 6. The van der Waals surface area contributed by atoms with Crippen LogP contribution in [0.1, 0.15) is 40.0 Å². The molecule has 106 valence electrons. The van der Waals surface area contributed by atoms with Gasteiger partial charge in [0.25, 0.3) is 6.43 Å². The maximum Gasteiger partial charge on any atom is 0.257 e. The molecule has 2 nitrogen and oxygen atoms in total. The predicted molar refractivity (Wildman–Crippen MR) is 70.1 cm³/mol. The Morgan fingerprint density at radius 3 is 2.61 bits per heavy atom. The van der Waals surface area contributed by atoms with Crippen LogP contribution in [0.15, 0.2) is 11.6 Å². The van der Waals surface area contributed by atoms with E-state index in [2.05, 4.69) is 11.8 Å². The van der Waals surface area contributed by atoms with Crippen molar-refractivity contribution < 1.29 is 13.5 Å². The molecule has 0 aliphatic carbocycles. The maximum atomic E-state index is 12.4. The number of allylic oxidation sites excluding steroid dienone is 1. The highest BCUT2D eigenvalue weighted by Crippen LogP contribution is 2.36. The molecule has 1 rings (SSSR count). The van der Waals surface area contributed by atoms with E-state index < -0.39 is 6.43 Å². The highest BCUT2D eigenvalue weighted by atomic mass is 19.3. The number of hydrogen-bond donors (Lipinski definition) is 0. The van der Waals surface area contributed by atoms with E-state index >= 15 is 0 Å². The molecule has 1 unspecified atom stereocenters. The van der Waals surface area contributed by atoms with Crippen LogP contribution in [-0.2, 0) is 4.74 Å². The van der Waals surface area contributed by atoms with Crippen molar-refractivity contribution in [3.05, 3.63) is 11.6 Å². The van der Waals surface area contributed by atoms with Gasteiger partial charge in [-0.25, -0.2) is 8.78 Å². The molecule has 0 bridgehead atoms. The summed E-state index contributed by atoms with van der Waals surface area (Å²) in [5, 5.41) is 0. The van der Waals surface area contributed by atoms with Gasteiger partial charge in [0.2, 0.25) is 0 Å². The minimum absolute atomic E-state index is 0.0975. The standard InChI is InChI=1S/C14H25F2NO/c1-5-6-14(10-18-11(2)3)8-12(7-13(15)16)9-17(14)4/h7,11,13H,5-6,8-10H2,1-4H3/b12-7-. The number of halogens is 2. The Balaban J connectivity index is 2.77. The third kappa shape index (κ3) is 4.02. The van der Waals surface area contributed by atoms with Crippen LogP contribution in [-0.4, -0.2) is 43.2 Å². The van der Waals surface area contributed by atoms with Gasteiger partial charge < -0.3 is 4.74 Å². The Morgan fingerprint density at radius 1 is 1.44 bits per heavy atom. The molecule has 1 aliphatic rings. The molecule has 1 atom stereocenters. The topological polar surface area (TPSA) is 12.5 Å². The summed E-state index contributed by atoms with van der Waals surface area (Å²) in [7, 11) is 2.01. The fraction of sp³-hybridized carbons (Fsp3) is 0.857. The molecule has 0 N–H and O–H groups in total. The molecular formula is C14H25F2NO. The van der Waals surface area contributed by atoms with Crippen molar-refractivity contribution >= 4 is 0 Å². The van der Waals surface area contributed by atoms with E-state index in [4.69, 9.17) is 4.74 Å². The van der Waals surface area contributed by atoms with Gasteiger partial charge in [0.05, 0.1) is 12.7 Å². The van der Waals surface area contributed by atoms with E-state index in [-0.39, 0.29) is 11.6 Å². The third-order valence-electron chi connectivity index (χ3n) is 3.57. The van der Waals surface area contributed by atoms with E-state index in [0.29, 0.717) is 19.6 Å². The molecule has 0 aromatic heterocycles. The van der Waals surface area contributed by atoms with Gasteiger partial charge in [0, 0.05) is 12.1 Å². The molecule has 0 aromatic rings. The quantitative estimate of drug-likeness (QED) is 0.679. The highest BCUT2D eigenvalue weighted by molar-refractivity contribution is 5.19. The molecule has 0 amide bonds. The van der Waals surface area contributed by atoms with Crippen molar-refractivity contribution in [3.63, 3.8) is 0 Å². The number of hydrogen-bond acceptors (Lipinski definition) is 2. The Kier molecular flexibility index (Phi) is 5.73. The first kappa shape index (κ1) is 15.6. The lowest BCUT2D eigenvalue weighted by Gasteiger charge is -2.36. The van der Waals surface area contributed by atoms with Crippen LogP contribution >= 0.6 is 0 Å². The lowest BCUT2D eigenvalue weighted by atomic mass is 9.90. The molecule has 4 heteroatoms. The van der Waals surface area contributed by atoms with Crippen molar-refractivity contribution in [2.24, 2.45) is 0 Å². The van der Waals surface area contributed by atoms with Crippen molar-refractivity contribution in [3.8, 4) is 0 Å². The number of likely N-dealkylation sites (tertiary alicyclic amines) is 1. The van der Waals surface area contributed by atoms with Crippen LogP contribution < -0.4 is 0 Å². The molecule has 0 aromatic carbocycles. The van der Waals surface area contributed by atoms with Gasteiger partial charge in [0.1, 0.15) is 0 Å². The number of ether oxygens (including phenoxy) is 1. The maximum absolute atomic E-state index is 12.4. The molecule has 0 saturated carbocycles. The predicted octanol–water partition coefficient (Wildman–Crippen LogP) is 3.48. The molecule has 1 heterocycles. The summed E-state index contributed by atoms with van der Waals surface area (Å²) in [6, 6.07) is 0. The zero-order valence-electron chi connectivity index (χ0n) is 11.9. The minimum atomic E-state index is -2.35. The summed E-state index contributed by atoms with van der Waals surface area (Å²) >= 11 is 0. The Labute approximate surface area is 109 Å². The second-order valence-corrected chi connectivity index (χ2v) is 5.53. The van der Waals surface area contributed by atoms with Gasteiger partial charge in [-0.05, 0) is 39.8 Å². The van der Waals surface area contributed by atoms with Crippen LogP contribution in [0.3, 0.4) is 0 Å². The zero-order chi connectivity index (χ0) is 13.8. The van der Waals surface area contributed by atoms with Crippen molar-refractivity contribution in [1.29, 1.82) is 0 Å². The van der Waals surface area contributed by atoms with Crippen molar-refractivity contribution in [2.75, 3.05) is 20.2 Å². The Bertz CT molecular complexity index is 292. The second kappa shape index (κ2) is 6.62. The summed E-state index contributed by atoms with van der Waals surface area (Å²) < 4.78 is 30.6. The largest absolute Gasteiger partial charge is 0.377 e. The summed E-state index contributed by atoms with van der Waals surface area (Å²) in [5.74, 6) is 0. The number of alkyl halides is 2. The van der Waals surface area contributed by atoms with E-state index in [1.54, 1.807) is 0 Å². The first-order chi connectivity index (χ1) is 8.39.